The Kier molecular flexibility index (Phi) is 7.34. The van der Waals surface area contributed by atoms with Crippen LogP contribution in [-0.2, 0) is 16.4 Å². The van der Waals surface area contributed by atoms with Gasteiger partial charge in [0.05, 0.1) is 10.7 Å². The van der Waals surface area contributed by atoms with E-state index in [0.717, 1.165) is 32.4 Å². The van der Waals surface area contributed by atoms with Crippen LogP contribution in [0.2, 0.25) is 0 Å². The summed E-state index contributed by atoms with van der Waals surface area (Å²) in [6.07, 6.45) is 3.37. The number of rotatable bonds is 9. The molecule has 1 N–H and O–H groups in total. The second kappa shape index (κ2) is 9.26. The highest BCUT2D eigenvalue weighted by Crippen LogP contribution is 2.22. The molecule has 8 heteroatoms. The zero-order chi connectivity index (χ0) is 18.3. The van der Waals surface area contributed by atoms with Crippen LogP contribution in [0.4, 0.5) is 5.69 Å². The van der Waals surface area contributed by atoms with E-state index in [1.54, 1.807) is 22.5 Å². The smallest absolute Gasteiger partial charge is 0.272 e. The van der Waals surface area contributed by atoms with E-state index in [9.17, 15) is 18.5 Å². The summed E-state index contributed by atoms with van der Waals surface area (Å²) >= 11 is 0. The fraction of sp³-hybridized carbons (Fsp3) is 0.647. The molecule has 25 heavy (non-hydrogen) atoms. The number of para-hydroxylation sites is 1. The lowest BCUT2D eigenvalue weighted by Crippen LogP contribution is -2.47. The van der Waals surface area contributed by atoms with Crippen LogP contribution in [0, 0.1) is 10.1 Å². The Labute approximate surface area is 149 Å². The molecule has 140 valence electrons. The van der Waals surface area contributed by atoms with E-state index in [1.165, 1.54) is 6.07 Å². The van der Waals surface area contributed by atoms with Crippen LogP contribution in [0.5, 0.6) is 0 Å². The Bertz CT molecular complexity index is 672. The first kappa shape index (κ1) is 19.8. The quantitative estimate of drug-likeness (QED) is 0.533. The standard InChI is InChI=1S/C17H27N3O4S/c1-2-3-14-25(23,24)19(16-8-11-18-12-9-16)13-10-15-6-4-5-7-17(15)20(21)22/h4-7,16,18H,2-3,8-14H2,1H3. The Morgan fingerprint density at radius 3 is 2.60 bits per heavy atom. The number of benzene rings is 1. The number of sulfonamides is 1. The van der Waals surface area contributed by atoms with Gasteiger partial charge in [0.15, 0.2) is 0 Å². The van der Waals surface area contributed by atoms with Gasteiger partial charge in [-0.1, -0.05) is 31.5 Å². The zero-order valence-corrected chi connectivity index (χ0v) is 15.5. The van der Waals surface area contributed by atoms with Crippen LogP contribution in [0.3, 0.4) is 0 Å². The third-order valence-electron chi connectivity index (χ3n) is 4.62. The van der Waals surface area contributed by atoms with Gasteiger partial charge in [-0.15, -0.1) is 0 Å². The fourth-order valence-corrected chi connectivity index (χ4v) is 5.14. The minimum atomic E-state index is -3.35. The lowest BCUT2D eigenvalue weighted by atomic mass is 10.1. The second-order valence-electron chi connectivity index (χ2n) is 6.40. The molecule has 1 aromatic carbocycles. The molecule has 7 nitrogen and oxygen atoms in total. The third-order valence-corrected chi connectivity index (χ3v) is 6.62. The largest absolute Gasteiger partial charge is 0.317 e. The molecule has 1 fully saturated rings. The van der Waals surface area contributed by atoms with Crippen molar-refractivity contribution in [1.29, 1.82) is 0 Å². The van der Waals surface area contributed by atoms with Crippen molar-refractivity contribution in [2.45, 2.75) is 45.1 Å². The van der Waals surface area contributed by atoms with Crippen LogP contribution in [0.1, 0.15) is 38.2 Å². The summed E-state index contributed by atoms with van der Waals surface area (Å²) in [5, 5.41) is 14.4. The lowest BCUT2D eigenvalue weighted by molar-refractivity contribution is -0.385. The van der Waals surface area contributed by atoms with Crippen LogP contribution in [0.25, 0.3) is 0 Å². The first-order valence-electron chi connectivity index (χ1n) is 8.88. The van der Waals surface area contributed by atoms with Gasteiger partial charge in [0.1, 0.15) is 0 Å². The molecular formula is C17H27N3O4S. The van der Waals surface area contributed by atoms with Crippen molar-refractivity contribution in [1.82, 2.24) is 9.62 Å². The molecular weight excluding hydrogens is 342 g/mol. The van der Waals surface area contributed by atoms with Gasteiger partial charge in [0.2, 0.25) is 10.0 Å². The second-order valence-corrected chi connectivity index (χ2v) is 8.44. The van der Waals surface area contributed by atoms with Gasteiger partial charge in [0.25, 0.3) is 5.69 Å². The molecule has 0 aromatic heterocycles. The van der Waals surface area contributed by atoms with E-state index < -0.39 is 14.9 Å². The highest BCUT2D eigenvalue weighted by atomic mass is 32.2. The summed E-state index contributed by atoms with van der Waals surface area (Å²) in [5.41, 5.74) is 0.635. The highest BCUT2D eigenvalue weighted by Gasteiger charge is 2.30. The first-order valence-corrected chi connectivity index (χ1v) is 10.5. The maximum absolute atomic E-state index is 12.8. The van der Waals surface area contributed by atoms with E-state index >= 15 is 0 Å². The molecule has 0 atom stereocenters. The van der Waals surface area contributed by atoms with Crippen LogP contribution in [-0.4, -0.2) is 49.1 Å². The van der Waals surface area contributed by atoms with Crippen LogP contribution < -0.4 is 5.32 Å². The molecule has 0 amide bonds. The van der Waals surface area contributed by atoms with Crippen molar-refractivity contribution in [3.63, 3.8) is 0 Å². The van der Waals surface area contributed by atoms with Crippen LogP contribution >= 0.6 is 0 Å². The number of hydrogen-bond donors (Lipinski definition) is 1. The third kappa shape index (κ3) is 5.49. The lowest BCUT2D eigenvalue weighted by Gasteiger charge is -2.33. The molecule has 1 aliphatic heterocycles. The Morgan fingerprint density at radius 1 is 1.28 bits per heavy atom. The summed E-state index contributed by atoms with van der Waals surface area (Å²) in [4.78, 5) is 10.8. The molecule has 2 rings (SSSR count). The summed E-state index contributed by atoms with van der Waals surface area (Å²) in [6, 6.07) is 6.53. The Balaban J connectivity index is 2.17. The topological polar surface area (TPSA) is 92.5 Å². The minimum absolute atomic E-state index is 0.0223. The molecule has 0 bridgehead atoms. The number of hydrogen-bond acceptors (Lipinski definition) is 5. The first-order chi connectivity index (χ1) is 12.0. The number of nitro benzene ring substituents is 1. The molecule has 1 aromatic rings. The average molecular weight is 369 g/mol. The monoisotopic (exact) mass is 369 g/mol. The molecule has 1 aliphatic rings. The highest BCUT2D eigenvalue weighted by molar-refractivity contribution is 7.89. The van der Waals surface area contributed by atoms with Crippen molar-refractivity contribution >= 4 is 15.7 Å². The van der Waals surface area contributed by atoms with Crippen molar-refractivity contribution in [2.75, 3.05) is 25.4 Å². The molecule has 0 radical (unpaired) electrons. The average Bonchev–Trinajstić information content (AvgIpc) is 2.61. The van der Waals surface area contributed by atoms with Crippen molar-refractivity contribution in [3.05, 3.63) is 39.9 Å². The van der Waals surface area contributed by atoms with E-state index in [-0.39, 0.29) is 17.5 Å². The molecule has 0 unspecified atom stereocenters. The number of nitrogens with one attached hydrogen (secondary N) is 1. The van der Waals surface area contributed by atoms with Gasteiger partial charge in [-0.2, -0.15) is 4.31 Å². The van der Waals surface area contributed by atoms with Crippen molar-refractivity contribution < 1.29 is 13.3 Å². The summed E-state index contributed by atoms with van der Waals surface area (Å²) in [7, 11) is -3.35. The summed E-state index contributed by atoms with van der Waals surface area (Å²) in [6.45, 7) is 3.87. The Hall–Kier alpha value is -1.51. The predicted octanol–water partition coefficient (Wildman–Crippen LogP) is 2.32. The van der Waals surface area contributed by atoms with E-state index in [0.29, 0.717) is 24.9 Å². The van der Waals surface area contributed by atoms with Gasteiger partial charge in [-0.05, 0) is 38.8 Å². The number of nitro groups is 1. The van der Waals surface area contributed by atoms with E-state index in [2.05, 4.69) is 5.32 Å². The number of unbranched alkanes of at least 4 members (excludes halogenated alkanes) is 1. The van der Waals surface area contributed by atoms with E-state index in [4.69, 9.17) is 0 Å². The molecule has 0 saturated carbocycles. The molecule has 1 saturated heterocycles. The van der Waals surface area contributed by atoms with Gasteiger partial charge < -0.3 is 5.32 Å². The van der Waals surface area contributed by atoms with Gasteiger partial charge in [-0.25, -0.2) is 8.42 Å². The number of piperidine rings is 1. The van der Waals surface area contributed by atoms with Crippen molar-refractivity contribution in [2.24, 2.45) is 0 Å². The molecule has 1 heterocycles. The summed E-state index contributed by atoms with van der Waals surface area (Å²) < 4.78 is 27.2. The summed E-state index contributed by atoms with van der Waals surface area (Å²) in [5.74, 6) is 0.143. The van der Waals surface area contributed by atoms with E-state index in [1.807, 2.05) is 6.92 Å². The molecule has 0 aliphatic carbocycles. The van der Waals surface area contributed by atoms with Gasteiger partial charge in [-0.3, -0.25) is 10.1 Å². The molecule has 0 spiro atoms. The maximum Gasteiger partial charge on any atom is 0.272 e. The zero-order valence-electron chi connectivity index (χ0n) is 14.7. The predicted molar refractivity (Wildman–Crippen MR) is 98.1 cm³/mol. The normalized spacial score (nSPS) is 16.2. The number of nitrogens with zero attached hydrogens (tertiary/aromatic N) is 2. The van der Waals surface area contributed by atoms with Crippen LogP contribution in [0.15, 0.2) is 24.3 Å². The Morgan fingerprint density at radius 2 is 1.96 bits per heavy atom. The minimum Gasteiger partial charge on any atom is -0.317 e. The maximum atomic E-state index is 12.8. The fourth-order valence-electron chi connectivity index (χ4n) is 3.22. The SMILES string of the molecule is CCCCS(=O)(=O)N(CCc1ccccc1[N+](=O)[O-])C1CCNCC1. The van der Waals surface area contributed by atoms with Gasteiger partial charge in [0, 0.05) is 24.2 Å². The van der Waals surface area contributed by atoms with Gasteiger partial charge >= 0.3 is 0 Å². The van der Waals surface area contributed by atoms with Crippen molar-refractivity contribution in [3.8, 4) is 0 Å².